The number of aryl methyl sites for hydroxylation is 1. The van der Waals surface area contributed by atoms with Gasteiger partial charge in [-0.2, -0.15) is 0 Å². The lowest BCUT2D eigenvalue weighted by Crippen LogP contribution is -2.20. The van der Waals surface area contributed by atoms with Gasteiger partial charge in [0.15, 0.2) is 5.13 Å². The number of amides is 1. The minimum atomic E-state index is -0.329. The monoisotopic (exact) mass is 306 g/mol. The summed E-state index contributed by atoms with van der Waals surface area (Å²) in [7, 11) is 1.64. The van der Waals surface area contributed by atoms with Crippen molar-refractivity contribution in [1.82, 2.24) is 14.9 Å². The fraction of sp³-hybridized carbons (Fsp3) is 0.357. The van der Waals surface area contributed by atoms with E-state index in [1.54, 1.807) is 19.3 Å². The number of rotatable bonds is 5. The van der Waals surface area contributed by atoms with Gasteiger partial charge < -0.3 is 9.88 Å². The molecule has 6 nitrogen and oxygen atoms in total. The highest BCUT2D eigenvalue weighted by Crippen LogP contribution is 2.20. The van der Waals surface area contributed by atoms with Crippen molar-refractivity contribution < 1.29 is 4.79 Å². The number of nitrogens with zero attached hydrogens (tertiary/aromatic N) is 2. The quantitative estimate of drug-likeness (QED) is 0.882. The molecule has 0 radical (unpaired) electrons. The lowest BCUT2D eigenvalue weighted by atomic mass is 10.2. The molecule has 0 aromatic carbocycles. The second kappa shape index (κ2) is 6.64. The number of nitrogens with one attached hydrogen (secondary N) is 2. The third-order valence-corrected chi connectivity index (χ3v) is 3.84. The van der Waals surface area contributed by atoms with Crippen molar-refractivity contribution in [2.75, 3.05) is 11.9 Å². The number of carbonyl (C=O) groups is 1. The fourth-order valence-electron chi connectivity index (χ4n) is 1.81. The average molecular weight is 306 g/mol. The Labute approximate surface area is 126 Å². The summed E-state index contributed by atoms with van der Waals surface area (Å²) in [5, 5.41) is 8.41. The van der Waals surface area contributed by atoms with Gasteiger partial charge in [0.2, 0.25) is 0 Å². The summed E-state index contributed by atoms with van der Waals surface area (Å²) < 4.78 is 1.41. The molecule has 1 atom stereocenters. The third-order valence-electron chi connectivity index (χ3n) is 3.06. The van der Waals surface area contributed by atoms with Gasteiger partial charge in [-0.15, -0.1) is 11.3 Å². The first-order chi connectivity index (χ1) is 10.0. The van der Waals surface area contributed by atoms with Crippen LogP contribution >= 0.6 is 11.3 Å². The molecule has 0 saturated heterocycles. The van der Waals surface area contributed by atoms with Gasteiger partial charge in [0.25, 0.3) is 11.5 Å². The number of aromatic nitrogens is 2. The molecule has 2 aromatic rings. The van der Waals surface area contributed by atoms with Gasteiger partial charge in [0.05, 0.1) is 5.69 Å². The van der Waals surface area contributed by atoms with Crippen molar-refractivity contribution in [1.29, 1.82) is 0 Å². The Hall–Kier alpha value is -1.99. The van der Waals surface area contributed by atoms with Gasteiger partial charge in [-0.1, -0.05) is 6.92 Å². The lowest BCUT2D eigenvalue weighted by Gasteiger charge is -2.08. The zero-order chi connectivity index (χ0) is 15.4. The Morgan fingerprint density at radius 2 is 2.29 bits per heavy atom. The molecule has 0 fully saturated rings. The van der Waals surface area contributed by atoms with Gasteiger partial charge in [-0.3, -0.25) is 14.9 Å². The van der Waals surface area contributed by atoms with Gasteiger partial charge in [-0.05, 0) is 19.5 Å². The van der Waals surface area contributed by atoms with Gasteiger partial charge in [-0.25, -0.2) is 4.98 Å². The van der Waals surface area contributed by atoms with E-state index in [9.17, 15) is 9.59 Å². The second-order valence-corrected chi connectivity index (χ2v) is 5.53. The molecule has 2 rings (SSSR count). The number of carbonyl (C=O) groups excluding carboxylic acids is 1. The first-order valence-corrected chi connectivity index (χ1v) is 7.56. The van der Waals surface area contributed by atoms with Crippen LogP contribution in [0.5, 0.6) is 0 Å². The molecule has 0 aliphatic carbocycles. The maximum Gasteiger partial charge on any atom is 0.257 e. The van der Waals surface area contributed by atoms with Crippen LogP contribution in [0.1, 0.15) is 35.9 Å². The van der Waals surface area contributed by atoms with Crippen LogP contribution in [0.2, 0.25) is 0 Å². The number of hydrogen-bond donors (Lipinski definition) is 2. The molecule has 2 heterocycles. The fourth-order valence-corrected chi connectivity index (χ4v) is 2.61. The largest absolute Gasteiger partial charge is 0.319 e. The number of thiazole rings is 1. The maximum atomic E-state index is 12.1. The van der Waals surface area contributed by atoms with Crippen LogP contribution in [0.4, 0.5) is 5.13 Å². The number of hydrogen-bond acceptors (Lipinski definition) is 5. The van der Waals surface area contributed by atoms with Crippen LogP contribution in [0.15, 0.2) is 28.5 Å². The van der Waals surface area contributed by atoms with E-state index in [0.717, 1.165) is 12.2 Å². The van der Waals surface area contributed by atoms with Crippen molar-refractivity contribution in [3.63, 3.8) is 0 Å². The number of anilines is 1. The summed E-state index contributed by atoms with van der Waals surface area (Å²) in [5.74, 6) is -0.329. The van der Waals surface area contributed by atoms with E-state index in [-0.39, 0.29) is 17.5 Å². The van der Waals surface area contributed by atoms with Crippen LogP contribution in [0, 0.1) is 0 Å². The van der Waals surface area contributed by atoms with Gasteiger partial charge in [0.1, 0.15) is 0 Å². The average Bonchev–Trinajstić information content (AvgIpc) is 2.90. The smallest absolute Gasteiger partial charge is 0.257 e. The Bertz CT molecular complexity index is 692. The molecule has 2 N–H and O–H groups in total. The van der Waals surface area contributed by atoms with Crippen molar-refractivity contribution >= 4 is 22.4 Å². The summed E-state index contributed by atoms with van der Waals surface area (Å²) in [6.45, 7) is 4.90. The summed E-state index contributed by atoms with van der Waals surface area (Å²) in [4.78, 5) is 28.0. The van der Waals surface area contributed by atoms with Gasteiger partial charge >= 0.3 is 0 Å². The van der Waals surface area contributed by atoms with Crippen molar-refractivity contribution in [2.24, 2.45) is 7.05 Å². The third kappa shape index (κ3) is 3.77. The Morgan fingerprint density at radius 1 is 1.52 bits per heavy atom. The van der Waals surface area contributed by atoms with E-state index < -0.39 is 0 Å². The Balaban J connectivity index is 2.09. The molecule has 1 amide bonds. The first-order valence-electron chi connectivity index (χ1n) is 6.68. The topological polar surface area (TPSA) is 76.0 Å². The van der Waals surface area contributed by atoms with E-state index in [2.05, 4.69) is 15.6 Å². The molecule has 2 aromatic heterocycles. The molecular formula is C14H18N4O2S. The molecule has 0 aliphatic heterocycles. The Morgan fingerprint density at radius 3 is 2.95 bits per heavy atom. The van der Waals surface area contributed by atoms with E-state index >= 15 is 0 Å². The molecule has 1 unspecified atom stereocenters. The van der Waals surface area contributed by atoms with Crippen LogP contribution in [-0.4, -0.2) is 22.0 Å². The molecule has 0 spiro atoms. The van der Waals surface area contributed by atoms with Gasteiger partial charge in [0, 0.05) is 36.3 Å². The predicted octanol–water partition coefficient (Wildman–Crippen LogP) is 1.76. The second-order valence-electron chi connectivity index (χ2n) is 4.68. The van der Waals surface area contributed by atoms with E-state index in [1.807, 2.05) is 19.2 Å². The maximum absolute atomic E-state index is 12.1. The molecule has 112 valence electrons. The SMILES string of the molecule is CCNC(C)c1csc(NC(=O)c2ccn(C)c(=O)c2)n1. The van der Waals surface area contributed by atoms with Crippen LogP contribution in [0.25, 0.3) is 0 Å². The zero-order valence-electron chi connectivity index (χ0n) is 12.2. The molecule has 0 bridgehead atoms. The van der Waals surface area contributed by atoms with Crippen molar-refractivity contribution in [3.8, 4) is 0 Å². The highest BCUT2D eigenvalue weighted by molar-refractivity contribution is 7.14. The normalized spacial score (nSPS) is 12.1. The minimum absolute atomic E-state index is 0.140. The molecule has 21 heavy (non-hydrogen) atoms. The highest BCUT2D eigenvalue weighted by Gasteiger charge is 2.12. The van der Waals surface area contributed by atoms with Crippen LogP contribution in [0.3, 0.4) is 0 Å². The zero-order valence-corrected chi connectivity index (χ0v) is 13.0. The van der Waals surface area contributed by atoms with Crippen molar-refractivity contribution in [3.05, 3.63) is 45.3 Å². The summed E-state index contributed by atoms with van der Waals surface area (Å²) in [6, 6.07) is 3.05. The minimum Gasteiger partial charge on any atom is -0.319 e. The summed E-state index contributed by atoms with van der Waals surface area (Å²) >= 11 is 1.37. The summed E-state index contributed by atoms with van der Waals surface area (Å²) in [5.41, 5.74) is 0.999. The predicted molar refractivity (Wildman–Crippen MR) is 83.8 cm³/mol. The van der Waals surface area contributed by atoms with Crippen molar-refractivity contribution in [2.45, 2.75) is 19.9 Å². The Kier molecular flexibility index (Phi) is 4.87. The standard InChI is InChI=1S/C14H18N4O2S/c1-4-15-9(2)11-8-21-14(16-11)17-13(20)10-5-6-18(3)12(19)7-10/h5-9,15H,4H2,1-3H3,(H,16,17,20). The lowest BCUT2D eigenvalue weighted by molar-refractivity contribution is 0.102. The molecular weight excluding hydrogens is 288 g/mol. The summed E-state index contributed by atoms with van der Waals surface area (Å²) in [6.07, 6.45) is 1.57. The molecule has 7 heteroatoms. The molecule has 0 aliphatic rings. The van der Waals surface area contributed by atoms with Crippen LogP contribution in [-0.2, 0) is 7.05 Å². The number of pyridine rings is 1. The van der Waals surface area contributed by atoms with E-state index in [1.165, 1.54) is 22.0 Å². The molecule has 0 saturated carbocycles. The van der Waals surface area contributed by atoms with E-state index in [0.29, 0.717) is 10.7 Å². The van der Waals surface area contributed by atoms with E-state index in [4.69, 9.17) is 0 Å². The first kappa shape index (κ1) is 15.4. The highest BCUT2D eigenvalue weighted by atomic mass is 32.1. The van der Waals surface area contributed by atoms with Crippen LogP contribution < -0.4 is 16.2 Å².